The zero-order valence-electron chi connectivity index (χ0n) is 7.75. The van der Waals surface area contributed by atoms with Crippen molar-refractivity contribution < 1.29 is 29.3 Å². The van der Waals surface area contributed by atoms with Crippen LogP contribution in [0.15, 0.2) is 12.2 Å². The van der Waals surface area contributed by atoms with Gasteiger partial charge in [-0.1, -0.05) is 6.08 Å². The predicted molar refractivity (Wildman–Crippen MR) is 46.6 cm³/mol. The Labute approximate surface area is 85.1 Å². The summed E-state index contributed by atoms with van der Waals surface area (Å²) < 4.78 is 9.37. The molecule has 0 heterocycles. The summed E-state index contributed by atoms with van der Waals surface area (Å²) in [4.78, 5) is 20.9. The lowest BCUT2D eigenvalue weighted by Crippen LogP contribution is -2.42. The van der Waals surface area contributed by atoms with Crippen LogP contribution in [0.1, 0.15) is 12.8 Å². The number of rotatable bonds is 2. The highest BCUT2D eigenvalue weighted by Gasteiger charge is 2.54. The maximum absolute atomic E-state index is 10.5. The fourth-order valence-electron chi connectivity index (χ4n) is 2.29. The van der Waals surface area contributed by atoms with E-state index in [4.69, 9.17) is 14.9 Å². The van der Waals surface area contributed by atoms with Crippen LogP contribution < -0.4 is 0 Å². The van der Waals surface area contributed by atoms with Gasteiger partial charge in [0.05, 0.1) is 0 Å². The molecule has 0 amide bonds. The molecule has 2 N–H and O–H groups in total. The average molecular weight is 214 g/mol. The fraction of sp³-hybridized carbons (Fsp3) is 0.556. The molecule has 3 atom stereocenters. The molecule has 1 saturated carbocycles. The van der Waals surface area contributed by atoms with Gasteiger partial charge >= 0.3 is 12.3 Å². The third kappa shape index (κ3) is 1.62. The van der Waals surface area contributed by atoms with E-state index in [1.807, 2.05) is 6.08 Å². The largest absolute Gasteiger partial charge is 0.506 e. The summed E-state index contributed by atoms with van der Waals surface area (Å²) in [6.07, 6.45) is 0.831. The van der Waals surface area contributed by atoms with Crippen LogP contribution >= 0.6 is 0 Å². The van der Waals surface area contributed by atoms with Gasteiger partial charge in [-0.25, -0.2) is 9.59 Å². The van der Waals surface area contributed by atoms with Gasteiger partial charge in [0.15, 0.2) is 5.60 Å². The minimum absolute atomic E-state index is 0.147. The number of hydrogen-bond donors (Lipinski definition) is 2. The van der Waals surface area contributed by atoms with E-state index in [1.165, 1.54) is 0 Å². The molecular weight excluding hydrogens is 204 g/mol. The highest BCUT2D eigenvalue weighted by atomic mass is 16.7. The average Bonchev–Trinajstić information content (AvgIpc) is 2.58. The Balaban J connectivity index is 2.15. The van der Waals surface area contributed by atoms with Crippen molar-refractivity contribution in [1.29, 1.82) is 0 Å². The van der Waals surface area contributed by atoms with Crippen molar-refractivity contribution in [2.24, 2.45) is 5.92 Å². The highest BCUT2D eigenvalue weighted by molar-refractivity contribution is 5.60. The molecule has 82 valence electrons. The fourth-order valence-corrected chi connectivity index (χ4v) is 2.29. The van der Waals surface area contributed by atoms with E-state index in [0.717, 1.165) is 0 Å². The smallest absolute Gasteiger partial charge is 0.450 e. The lowest BCUT2D eigenvalue weighted by Gasteiger charge is -2.29. The summed E-state index contributed by atoms with van der Waals surface area (Å²) in [6.45, 7) is 0. The summed E-state index contributed by atoms with van der Waals surface area (Å²) in [5.41, 5.74) is -1.10. The van der Waals surface area contributed by atoms with E-state index in [1.54, 1.807) is 6.08 Å². The van der Waals surface area contributed by atoms with E-state index in [-0.39, 0.29) is 5.92 Å². The minimum atomic E-state index is -1.42. The molecule has 6 heteroatoms. The van der Waals surface area contributed by atoms with Gasteiger partial charge in [0.2, 0.25) is 0 Å². The Morgan fingerprint density at radius 1 is 1.33 bits per heavy atom. The minimum Gasteiger partial charge on any atom is -0.450 e. The number of carboxylic acid groups (broad SMARTS) is 2. The van der Waals surface area contributed by atoms with Crippen molar-refractivity contribution in [1.82, 2.24) is 0 Å². The summed E-state index contributed by atoms with van der Waals surface area (Å²) in [7, 11) is 0. The third-order valence-corrected chi connectivity index (χ3v) is 2.81. The van der Waals surface area contributed by atoms with Crippen LogP contribution in [0.3, 0.4) is 0 Å². The van der Waals surface area contributed by atoms with Crippen LogP contribution in [-0.2, 0) is 9.47 Å². The van der Waals surface area contributed by atoms with Gasteiger partial charge in [0, 0.05) is 6.42 Å². The molecule has 1 fully saturated rings. The van der Waals surface area contributed by atoms with E-state index >= 15 is 0 Å². The number of hydrogen-bond acceptors (Lipinski definition) is 4. The van der Waals surface area contributed by atoms with Crippen LogP contribution in [-0.4, -0.2) is 34.2 Å². The Bertz CT molecular complexity index is 335. The van der Waals surface area contributed by atoms with Crippen molar-refractivity contribution in [3.8, 4) is 0 Å². The molecule has 0 aromatic carbocycles. The molecule has 2 bridgehead atoms. The van der Waals surface area contributed by atoms with Gasteiger partial charge in [-0.3, -0.25) is 0 Å². The first kappa shape index (κ1) is 9.82. The van der Waals surface area contributed by atoms with E-state index in [9.17, 15) is 9.59 Å². The van der Waals surface area contributed by atoms with Gasteiger partial charge in [-0.15, -0.1) is 0 Å². The first-order chi connectivity index (χ1) is 7.02. The normalized spacial score (nSPS) is 36.5. The monoisotopic (exact) mass is 214 g/mol. The highest BCUT2D eigenvalue weighted by Crippen LogP contribution is 2.46. The maximum Gasteiger partial charge on any atom is 0.506 e. The molecule has 0 aromatic heterocycles. The number of ether oxygens (including phenoxy) is 2. The first-order valence-corrected chi connectivity index (χ1v) is 4.53. The van der Waals surface area contributed by atoms with Crippen molar-refractivity contribution in [3.05, 3.63) is 12.2 Å². The number of fused-ring (bicyclic) bond motifs is 2. The zero-order chi connectivity index (χ0) is 11.1. The Morgan fingerprint density at radius 2 is 2.07 bits per heavy atom. The van der Waals surface area contributed by atoms with Crippen LogP contribution in [0.4, 0.5) is 9.59 Å². The third-order valence-electron chi connectivity index (χ3n) is 2.81. The topological polar surface area (TPSA) is 93.1 Å². The van der Waals surface area contributed by atoms with Gasteiger partial charge < -0.3 is 19.7 Å². The predicted octanol–water partition coefficient (Wildman–Crippen LogP) is 1.46. The number of allylic oxidation sites excluding steroid dienone is 1. The van der Waals surface area contributed by atoms with Gasteiger partial charge in [0.25, 0.3) is 0 Å². The van der Waals surface area contributed by atoms with Crippen LogP contribution in [0.5, 0.6) is 0 Å². The second-order valence-corrected chi connectivity index (χ2v) is 3.75. The second-order valence-electron chi connectivity index (χ2n) is 3.75. The van der Waals surface area contributed by atoms with Crippen molar-refractivity contribution >= 4 is 12.3 Å². The Morgan fingerprint density at radius 3 is 2.60 bits per heavy atom. The van der Waals surface area contributed by atoms with Crippen LogP contribution in [0.2, 0.25) is 0 Å². The molecule has 2 rings (SSSR count). The molecule has 2 aliphatic rings. The molecule has 0 radical (unpaired) electrons. The molecule has 0 saturated heterocycles. The Kier molecular flexibility index (Phi) is 2.06. The molecule has 15 heavy (non-hydrogen) atoms. The van der Waals surface area contributed by atoms with Gasteiger partial charge in [-0.05, 0) is 18.4 Å². The van der Waals surface area contributed by atoms with Gasteiger partial charge in [0.1, 0.15) is 6.10 Å². The number of carbonyl (C=O) groups is 2. The molecule has 0 aliphatic heterocycles. The molecule has 6 nitrogen and oxygen atoms in total. The van der Waals surface area contributed by atoms with Crippen molar-refractivity contribution in [2.45, 2.75) is 24.5 Å². The lowest BCUT2D eigenvalue weighted by molar-refractivity contribution is -0.0646. The van der Waals surface area contributed by atoms with Crippen LogP contribution in [0, 0.1) is 5.92 Å². The summed E-state index contributed by atoms with van der Waals surface area (Å²) in [5.74, 6) is 0.147. The molecule has 3 unspecified atom stereocenters. The van der Waals surface area contributed by atoms with E-state index in [2.05, 4.69) is 4.74 Å². The second kappa shape index (κ2) is 3.15. The van der Waals surface area contributed by atoms with E-state index in [0.29, 0.717) is 12.8 Å². The Hall–Kier alpha value is -1.72. The molecular formula is C9H10O6. The maximum atomic E-state index is 10.5. The SMILES string of the molecule is O=C(O)OC1CC2C=CC1(OC(=O)O)C2. The zero-order valence-corrected chi connectivity index (χ0v) is 7.75. The molecule has 0 aromatic rings. The standard InChI is InChI=1S/C9H10O6/c10-7(11)14-6-3-5-1-2-9(6,4-5)15-8(12)13/h1-2,5-6H,3-4H2,(H,10,11)(H,12,13). The lowest BCUT2D eigenvalue weighted by atomic mass is 10.00. The summed E-state index contributed by atoms with van der Waals surface area (Å²) in [5, 5.41) is 17.1. The van der Waals surface area contributed by atoms with Crippen molar-refractivity contribution in [3.63, 3.8) is 0 Å². The van der Waals surface area contributed by atoms with Gasteiger partial charge in [-0.2, -0.15) is 0 Å². The van der Waals surface area contributed by atoms with E-state index < -0.39 is 24.0 Å². The van der Waals surface area contributed by atoms with Crippen molar-refractivity contribution in [2.75, 3.05) is 0 Å². The first-order valence-electron chi connectivity index (χ1n) is 4.53. The quantitative estimate of drug-likeness (QED) is 0.534. The summed E-state index contributed by atoms with van der Waals surface area (Å²) >= 11 is 0. The molecule has 2 aliphatic carbocycles. The van der Waals surface area contributed by atoms with Crippen LogP contribution in [0.25, 0.3) is 0 Å². The molecule has 0 spiro atoms. The summed E-state index contributed by atoms with van der Waals surface area (Å²) in [6, 6.07) is 0.